The minimum absolute atomic E-state index is 0.152. The summed E-state index contributed by atoms with van der Waals surface area (Å²) < 4.78 is 5.72. The summed E-state index contributed by atoms with van der Waals surface area (Å²) >= 11 is 0. The first-order valence-electron chi connectivity index (χ1n) is 16.4. The van der Waals surface area contributed by atoms with Crippen LogP contribution in [0.3, 0.4) is 0 Å². The highest BCUT2D eigenvalue weighted by Crippen LogP contribution is 2.33. The number of rotatable bonds is 8. The number of hydrogen-bond donors (Lipinski definition) is 3. The second-order valence-electron chi connectivity index (χ2n) is 13.2. The first-order chi connectivity index (χ1) is 22.8. The number of nitrogens with zero attached hydrogens (tertiary/aromatic N) is 6. The number of carbonyl (C=O) groups is 1. The number of pyridine rings is 1. The van der Waals surface area contributed by atoms with E-state index in [1.165, 1.54) is 5.57 Å². The number of aromatic nitrogens is 1. The van der Waals surface area contributed by atoms with Crippen molar-refractivity contribution in [2.45, 2.75) is 20.4 Å². The number of benzene rings is 2. The lowest BCUT2D eigenvalue weighted by molar-refractivity contribution is -0.111. The van der Waals surface area contributed by atoms with Crippen LogP contribution in [-0.2, 0) is 16.1 Å². The zero-order valence-corrected chi connectivity index (χ0v) is 27.5. The van der Waals surface area contributed by atoms with Gasteiger partial charge in [-0.05, 0) is 54.7 Å². The van der Waals surface area contributed by atoms with Crippen LogP contribution >= 0.6 is 0 Å². The van der Waals surface area contributed by atoms with Crippen molar-refractivity contribution in [2.75, 3.05) is 58.8 Å². The van der Waals surface area contributed by atoms with Crippen molar-refractivity contribution in [2.24, 2.45) is 27.7 Å². The molecule has 4 aliphatic rings. The van der Waals surface area contributed by atoms with E-state index in [9.17, 15) is 4.79 Å². The quantitative estimate of drug-likeness (QED) is 0.319. The molecule has 2 saturated heterocycles. The third-order valence-corrected chi connectivity index (χ3v) is 9.26. The number of hydrazine groups is 1. The van der Waals surface area contributed by atoms with Gasteiger partial charge in [0.15, 0.2) is 0 Å². The fourth-order valence-electron chi connectivity index (χ4n) is 6.72. The minimum Gasteiger partial charge on any atom is -0.381 e. The van der Waals surface area contributed by atoms with Gasteiger partial charge in [-0.1, -0.05) is 50.3 Å². The number of guanidine groups is 2. The van der Waals surface area contributed by atoms with Gasteiger partial charge in [-0.25, -0.2) is 15.4 Å². The molecule has 7 rings (SSSR count). The van der Waals surface area contributed by atoms with Crippen molar-refractivity contribution >= 4 is 34.3 Å². The molecule has 0 saturated carbocycles. The molecule has 0 aliphatic carbocycles. The molecule has 5 heterocycles. The predicted molar refractivity (Wildman–Crippen MR) is 186 cm³/mol. The summed E-state index contributed by atoms with van der Waals surface area (Å²) in [6.45, 7) is 9.88. The fraction of sp³-hybridized carbons (Fsp3) is 0.389. The SMILES string of the molecule is CC(C)C1=C2NC(N3CC4COCC4C3)=NC(=NCc3ccccc3-c3nccc4cc(NC(=O)/C=C/CN(C)C)ccc34)N2NC1. The maximum absolute atomic E-state index is 12.5. The average Bonchev–Trinajstić information content (AvgIpc) is 3.79. The van der Waals surface area contributed by atoms with Gasteiger partial charge in [0.2, 0.25) is 17.8 Å². The lowest BCUT2D eigenvalue weighted by atomic mass is 9.99. The summed E-state index contributed by atoms with van der Waals surface area (Å²) in [7, 11) is 3.93. The Bertz CT molecular complexity index is 1780. The topological polar surface area (TPSA) is 110 Å². The van der Waals surface area contributed by atoms with E-state index in [-0.39, 0.29) is 5.91 Å². The van der Waals surface area contributed by atoms with Gasteiger partial charge >= 0.3 is 0 Å². The van der Waals surface area contributed by atoms with Crippen LogP contribution in [0.2, 0.25) is 0 Å². The lowest BCUT2D eigenvalue weighted by Crippen LogP contribution is -2.52. The Labute approximate surface area is 276 Å². The maximum Gasteiger partial charge on any atom is 0.248 e. The van der Waals surface area contributed by atoms with E-state index in [1.54, 1.807) is 6.08 Å². The minimum atomic E-state index is -0.152. The summed E-state index contributed by atoms with van der Waals surface area (Å²) in [5, 5.41) is 10.6. The number of hydrogen-bond acceptors (Lipinski definition) is 8. The van der Waals surface area contributed by atoms with E-state index >= 15 is 0 Å². The third-order valence-electron chi connectivity index (χ3n) is 9.26. The van der Waals surface area contributed by atoms with Gasteiger partial charge in [-0.3, -0.25) is 9.78 Å². The molecule has 2 unspecified atom stereocenters. The van der Waals surface area contributed by atoms with Crippen molar-refractivity contribution in [3.05, 3.63) is 83.8 Å². The molecule has 47 heavy (non-hydrogen) atoms. The molecule has 244 valence electrons. The predicted octanol–water partition coefficient (Wildman–Crippen LogP) is 4.04. The molecular formula is C36H43N9O2. The highest BCUT2D eigenvalue weighted by atomic mass is 16.5. The number of fused-ring (bicyclic) bond motifs is 3. The van der Waals surface area contributed by atoms with E-state index in [0.717, 1.165) is 77.9 Å². The molecule has 4 aliphatic heterocycles. The molecule has 11 nitrogen and oxygen atoms in total. The van der Waals surface area contributed by atoms with E-state index in [2.05, 4.69) is 46.9 Å². The van der Waals surface area contributed by atoms with Gasteiger partial charge in [-0.15, -0.1) is 0 Å². The first kappa shape index (κ1) is 31.0. The second kappa shape index (κ2) is 13.3. The monoisotopic (exact) mass is 633 g/mol. The van der Waals surface area contributed by atoms with Crippen LogP contribution in [0.1, 0.15) is 19.4 Å². The normalized spacial score (nSPS) is 21.7. The molecular weight excluding hydrogens is 590 g/mol. The van der Waals surface area contributed by atoms with Crippen LogP contribution in [0.4, 0.5) is 5.69 Å². The molecule has 0 bridgehead atoms. The van der Waals surface area contributed by atoms with Gasteiger partial charge in [0, 0.05) is 66.9 Å². The number of anilines is 1. The van der Waals surface area contributed by atoms with Crippen molar-refractivity contribution in [3.63, 3.8) is 0 Å². The number of nitrogens with one attached hydrogen (secondary N) is 3. The zero-order valence-electron chi connectivity index (χ0n) is 27.5. The van der Waals surface area contributed by atoms with E-state index in [1.807, 2.05) is 72.7 Å². The molecule has 2 fully saturated rings. The molecule has 11 heteroatoms. The van der Waals surface area contributed by atoms with E-state index < -0.39 is 0 Å². The van der Waals surface area contributed by atoms with Crippen LogP contribution in [0.5, 0.6) is 0 Å². The molecule has 2 atom stereocenters. The van der Waals surface area contributed by atoms with Crippen LogP contribution in [-0.4, -0.2) is 91.1 Å². The van der Waals surface area contributed by atoms with Gasteiger partial charge in [-0.2, -0.15) is 4.99 Å². The number of aliphatic imine (C=N–C) groups is 2. The number of ether oxygens (including phenoxy) is 1. The number of carbonyl (C=O) groups excluding carboxylic acids is 1. The molecule has 0 radical (unpaired) electrons. The Hall–Kier alpha value is -4.58. The second-order valence-corrected chi connectivity index (χ2v) is 13.2. The summed E-state index contributed by atoms with van der Waals surface area (Å²) in [5.41, 5.74) is 8.51. The van der Waals surface area contributed by atoms with Crippen LogP contribution in [0, 0.1) is 17.8 Å². The number of likely N-dealkylation sites (tertiary alicyclic amines) is 1. The lowest BCUT2D eigenvalue weighted by Gasteiger charge is -2.32. The largest absolute Gasteiger partial charge is 0.381 e. The Morgan fingerprint density at radius 3 is 2.74 bits per heavy atom. The van der Waals surface area contributed by atoms with Crippen LogP contribution in [0.25, 0.3) is 22.0 Å². The van der Waals surface area contributed by atoms with E-state index in [4.69, 9.17) is 19.7 Å². The Kier molecular flexibility index (Phi) is 8.76. The Balaban J connectivity index is 1.17. The zero-order chi connectivity index (χ0) is 32.5. The van der Waals surface area contributed by atoms with Gasteiger partial charge < -0.3 is 25.2 Å². The smallest absolute Gasteiger partial charge is 0.248 e. The standard InChI is InChI=1S/C36H43N9O2/c1-23(2)31-18-39-45-34(31)41-36(44-19-26-21-47-22-27(26)20-44)42-35(45)38-17-25-8-5-6-9-29(25)33-30-12-11-28(16-24(30)13-14-37-33)40-32(46)10-7-15-43(3)4/h5-14,16,23,26-27,39H,15,17-22H2,1-4H3,(H,40,46)(H,38,41,42)/b10-7+. The van der Waals surface area contributed by atoms with Crippen molar-refractivity contribution in [1.82, 2.24) is 30.5 Å². The van der Waals surface area contributed by atoms with E-state index in [0.29, 0.717) is 36.8 Å². The van der Waals surface area contributed by atoms with Gasteiger partial charge in [0.05, 0.1) is 25.5 Å². The average molecular weight is 634 g/mol. The number of likely N-dealkylation sites (N-methyl/N-ethyl adjacent to an activating group) is 1. The van der Waals surface area contributed by atoms with Gasteiger partial charge in [0.1, 0.15) is 5.82 Å². The van der Waals surface area contributed by atoms with Gasteiger partial charge in [0.25, 0.3) is 0 Å². The summed E-state index contributed by atoms with van der Waals surface area (Å²) in [6.07, 6.45) is 5.24. The molecule has 3 aromatic rings. The third kappa shape index (κ3) is 6.51. The van der Waals surface area contributed by atoms with Crippen LogP contribution < -0.4 is 16.1 Å². The summed E-state index contributed by atoms with van der Waals surface area (Å²) in [4.78, 5) is 31.8. The maximum atomic E-state index is 12.5. The number of amides is 1. The molecule has 0 spiro atoms. The van der Waals surface area contributed by atoms with Crippen LogP contribution in [0.15, 0.2) is 88.3 Å². The van der Waals surface area contributed by atoms with Crippen molar-refractivity contribution < 1.29 is 9.53 Å². The molecule has 2 aromatic carbocycles. The highest BCUT2D eigenvalue weighted by Gasteiger charge is 2.41. The fourth-order valence-corrected chi connectivity index (χ4v) is 6.72. The Morgan fingerprint density at radius 2 is 1.96 bits per heavy atom. The molecule has 3 N–H and O–H groups in total. The first-order valence-corrected chi connectivity index (χ1v) is 16.4. The van der Waals surface area contributed by atoms with Crippen molar-refractivity contribution in [3.8, 4) is 11.3 Å². The van der Waals surface area contributed by atoms with Crippen molar-refractivity contribution in [1.29, 1.82) is 0 Å². The molecule has 1 aromatic heterocycles. The highest BCUT2D eigenvalue weighted by molar-refractivity contribution is 6.03. The Morgan fingerprint density at radius 1 is 1.15 bits per heavy atom. The summed E-state index contributed by atoms with van der Waals surface area (Å²) in [5.74, 6) is 3.89. The summed E-state index contributed by atoms with van der Waals surface area (Å²) in [6, 6.07) is 16.2. The molecule has 1 amide bonds.